The SMILES string of the molecule is CCOc1cc(COC(=O)c2ccc(-c3ccc(C)cc3)o2)cc(OCC)c1OCC. The van der Waals surface area contributed by atoms with Crippen molar-refractivity contribution in [3.05, 3.63) is 65.4 Å². The van der Waals surface area contributed by atoms with Gasteiger partial charge in [-0.25, -0.2) is 4.79 Å². The van der Waals surface area contributed by atoms with Crippen molar-refractivity contribution in [2.45, 2.75) is 34.3 Å². The van der Waals surface area contributed by atoms with Crippen LogP contribution in [0.2, 0.25) is 0 Å². The lowest BCUT2D eigenvalue weighted by Gasteiger charge is -2.17. The van der Waals surface area contributed by atoms with Crippen molar-refractivity contribution >= 4 is 5.97 Å². The van der Waals surface area contributed by atoms with Gasteiger partial charge in [-0.1, -0.05) is 29.8 Å². The van der Waals surface area contributed by atoms with Crippen LogP contribution in [0.5, 0.6) is 17.2 Å². The number of ether oxygens (including phenoxy) is 4. The predicted molar refractivity (Wildman–Crippen MR) is 118 cm³/mol. The first kappa shape index (κ1) is 22.3. The molecular formula is C25H28O6. The summed E-state index contributed by atoms with van der Waals surface area (Å²) in [5, 5.41) is 0. The van der Waals surface area contributed by atoms with E-state index in [1.807, 2.05) is 52.0 Å². The summed E-state index contributed by atoms with van der Waals surface area (Å²) in [6.07, 6.45) is 0. The third-order valence-corrected chi connectivity index (χ3v) is 4.48. The first-order chi connectivity index (χ1) is 15.0. The van der Waals surface area contributed by atoms with Crippen LogP contribution in [0, 0.1) is 6.92 Å². The van der Waals surface area contributed by atoms with Gasteiger partial charge in [0.2, 0.25) is 11.5 Å². The number of carbonyl (C=O) groups is 1. The number of furan rings is 1. The highest BCUT2D eigenvalue weighted by Gasteiger charge is 2.18. The van der Waals surface area contributed by atoms with E-state index in [-0.39, 0.29) is 12.4 Å². The van der Waals surface area contributed by atoms with Crippen molar-refractivity contribution in [2.75, 3.05) is 19.8 Å². The van der Waals surface area contributed by atoms with Gasteiger partial charge in [0, 0.05) is 5.56 Å². The Labute approximate surface area is 182 Å². The number of aryl methyl sites for hydroxylation is 1. The maximum absolute atomic E-state index is 12.5. The zero-order valence-electron chi connectivity index (χ0n) is 18.4. The highest BCUT2D eigenvalue weighted by Crippen LogP contribution is 2.39. The standard InChI is InChI=1S/C25H28O6/c1-5-27-22-14-18(15-23(28-6-2)24(22)29-7-3)16-30-25(26)21-13-12-20(31-21)19-10-8-17(4)9-11-19/h8-15H,5-7,16H2,1-4H3. The molecule has 3 aromatic rings. The topological polar surface area (TPSA) is 67.1 Å². The van der Waals surface area contributed by atoms with Crippen molar-refractivity contribution < 1.29 is 28.2 Å². The summed E-state index contributed by atoms with van der Waals surface area (Å²) in [6, 6.07) is 14.9. The smallest absolute Gasteiger partial charge is 0.374 e. The van der Waals surface area contributed by atoms with E-state index < -0.39 is 5.97 Å². The monoisotopic (exact) mass is 424 g/mol. The molecule has 0 aliphatic rings. The molecule has 0 spiro atoms. The molecule has 164 valence electrons. The van der Waals surface area contributed by atoms with Crippen molar-refractivity contribution in [1.82, 2.24) is 0 Å². The number of esters is 1. The van der Waals surface area contributed by atoms with Crippen LogP contribution in [0.1, 0.15) is 42.5 Å². The molecule has 0 unspecified atom stereocenters. The Morgan fingerprint density at radius 1 is 0.839 bits per heavy atom. The van der Waals surface area contributed by atoms with Crippen LogP contribution < -0.4 is 14.2 Å². The molecule has 0 aliphatic carbocycles. The minimum atomic E-state index is -0.539. The summed E-state index contributed by atoms with van der Waals surface area (Å²) in [5.41, 5.74) is 2.79. The van der Waals surface area contributed by atoms with Gasteiger partial charge >= 0.3 is 5.97 Å². The summed E-state index contributed by atoms with van der Waals surface area (Å²) >= 11 is 0. The van der Waals surface area contributed by atoms with Crippen LogP contribution >= 0.6 is 0 Å². The van der Waals surface area contributed by atoms with Gasteiger partial charge in [0.05, 0.1) is 19.8 Å². The number of rotatable bonds is 10. The van der Waals surface area contributed by atoms with Crippen LogP contribution in [-0.2, 0) is 11.3 Å². The Bertz CT molecular complexity index is 976. The van der Waals surface area contributed by atoms with Crippen LogP contribution in [0.3, 0.4) is 0 Å². The average Bonchev–Trinajstić information content (AvgIpc) is 3.25. The van der Waals surface area contributed by atoms with E-state index in [0.717, 1.165) is 16.7 Å². The van der Waals surface area contributed by atoms with E-state index in [9.17, 15) is 4.79 Å². The molecule has 0 radical (unpaired) electrons. The lowest BCUT2D eigenvalue weighted by molar-refractivity contribution is 0.0436. The number of carbonyl (C=O) groups excluding carboxylic acids is 1. The average molecular weight is 424 g/mol. The van der Waals surface area contributed by atoms with Crippen LogP contribution in [0.15, 0.2) is 52.9 Å². The maximum Gasteiger partial charge on any atom is 0.374 e. The van der Waals surface area contributed by atoms with E-state index >= 15 is 0 Å². The van der Waals surface area contributed by atoms with Crippen LogP contribution in [0.4, 0.5) is 0 Å². The third kappa shape index (κ3) is 5.60. The summed E-state index contributed by atoms with van der Waals surface area (Å²) in [4.78, 5) is 12.5. The first-order valence-corrected chi connectivity index (χ1v) is 10.4. The second-order valence-corrected chi connectivity index (χ2v) is 6.83. The summed E-state index contributed by atoms with van der Waals surface area (Å²) < 4.78 is 28.3. The van der Waals surface area contributed by atoms with Gasteiger partial charge in [-0.3, -0.25) is 0 Å². The molecule has 0 aliphatic heterocycles. The van der Waals surface area contributed by atoms with Crippen molar-refractivity contribution in [2.24, 2.45) is 0 Å². The fourth-order valence-electron chi connectivity index (χ4n) is 3.07. The molecule has 0 N–H and O–H groups in total. The van der Waals surface area contributed by atoms with Crippen LogP contribution in [-0.4, -0.2) is 25.8 Å². The fourth-order valence-corrected chi connectivity index (χ4v) is 3.07. The summed E-state index contributed by atoms with van der Waals surface area (Å²) in [5.74, 6) is 1.89. The van der Waals surface area contributed by atoms with Crippen molar-refractivity contribution in [1.29, 1.82) is 0 Å². The minimum absolute atomic E-state index is 0.0476. The third-order valence-electron chi connectivity index (χ3n) is 4.48. The van der Waals surface area contributed by atoms with Gasteiger partial charge in [-0.2, -0.15) is 0 Å². The van der Waals surface area contributed by atoms with Gasteiger partial charge in [-0.05, 0) is 57.5 Å². The molecular weight excluding hydrogens is 396 g/mol. The maximum atomic E-state index is 12.5. The Kier molecular flexibility index (Phi) is 7.60. The molecule has 6 nitrogen and oxygen atoms in total. The molecule has 1 heterocycles. The number of benzene rings is 2. The normalized spacial score (nSPS) is 10.6. The van der Waals surface area contributed by atoms with Crippen LogP contribution in [0.25, 0.3) is 11.3 Å². The molecule has 0 fully saturated rings. The molecule has 0 saturated heterocycles. The Hall–Kier alpha value is -3.41. The van der Waals surface area contributed by atoms with E-state index in [0.29, 0.717) is 42.8 Å². The molecule has 6 heteroatoms. The molecule has 0 amide bonds. The lowest BCUT2D eigenvalue weighted by atomic mass is 10.1. The van der Waals surface area contributed by atoms with E-state index in [4.69, 9.17) is 23.4 Å². The quantitative estimate of drug-likeness (QED) is 0.383. The van der Waals surface area contributed by atoms with Gasteiger partial charge in [0.25, 0.3) is 0 Å². The zero-order chi connectivity index (χ0) is 22.2. The molecule has 0 saturated carbocycles. The summed E-state index contributed by atoms with van der Waals surface area (Å²) in [7, 11) is 0. The molecule has 0 atom stereocenters. The Balaban J connectivity index is 1.74. The zero-order valence-corrected chi connectivity index (χ0v) is 18.4. The number of hydrogen-bond acceptors (Lipinski definition) is 6. The summed E-state index contributed by atoms with van der Waals surface area (Å²) in [6.45, 7) is 9.18. The highest BCUT2D eigenvalue weighted by molar-refractivity contribution is 5.87. The second-order valence-electron chi connectivity index (χ2n) is 6.83. The molecule has 1 aromatic heterocycles. The van der Waals surface area contributed by atoms with Gasteiger partial charge in [0.1, 0.15) is 12.4 Å². The Morgan fingerprint density at radius 2 is 1.45 bits per heavy atom. The largest absolute Gasteiger partial charge is 0.490 e. The molecule has 2 aromatic carbocycles. The lowest BCUT2D eigenvalue weighted by Crippen LogP contribution is -2.06. The highest BCUT2D eigenvalue weighted by atomic mass is 16.6. The van der Waals surface area contributed by atoms with Gasteiger partial charge < -0.3 is 23.4 Å². The van der Waals surface area contributed by atoms with Crippen molar-refractivity contribution in [3.8, 4) is 28.6 Å². The predicted octanol–water partition coefficient (Wildman–Crippen LogP) is 5.81. The van der Waals surface area contributed by atoms with Gasteiger partial charge in [-0.15, -0.1) is 0 Å². The molecule has 3 rings (SSSR count). The minimum Gasteiger partial charge on any atom is -0.490 e. The van der Waals surface area contributed by atoms with E-state index in [2.05, 4.69) is 0 Å². The van der Waals surface area contributed by atoms with Gasteiger partial charge in [0.15, 0.2) is 11.5 Å². The second kappa shape index (κ2) is 10.6. The Morgan fingerprint density at radius 3 is 2.03 bits per heavy atom. The molecule has 0 bridgehead atoms. The van der Waals surface area contributed by atoms with E-state index in [1.165, 1.54) is 0 Å². The van der Waals surface area contributed by atoms with E-state index in [1.54, 1.807) is 24.3 Å². The molecule has 31 heavy (non-hydrogen) atoms. The van der Waals surface area contributed by atoms with Crippen molar-refractivity contribution in [3.63, 3.8) is 0 Å². The number of hydrogen-bond donors (Lipinski definition) is 0. The first-order valence-electron chi connectivity index (χ1n) is 10.4. The fraction of sp³-hybridized carbons (Fsp3) is 0.320.